The van der Waals surface area contributed by atoms with E-state index in [1.54, 1.807) is 31.2 Å². The van der Waals surface area contributed by atoms with Crippen LogP contribution in [0.2, 0.25) is 0 Å². The Labute approximate surface area is 179 Å². The van der Waals surface area contributed by atoms with Crippen LogP contribution >= 0.6 is 11.8 Å². The number of thioether (sulfide) groups is 1. The van der Waals surface area contributed by atoms with Gasteiger partial charge in [0.05, 0.1) is 16.6 Å². The van der Waals surface area contributed by atoms with E-state index in [0.717, 1.165) is 11.1 Å². The summed E-state index contributed by atoms with van der Waals surface area (Å²) in [4.78, 5) is 51.3. The molecule has 2 saturated heterocycles. The number of rotatable bonds is 5. The molecule has 2 aliphatic rings. The van der Waals surface area contributed by atoms with E-state index in [2.05, 4.69) is 0 Å². The van der Waals surface area contributed by atoms with Gasteiger partial charge in [-0.05, 0) is 48.1 Å². The highest BCUT2D eigenvalue weighted by molar-refractivity contribution is 8.00. The predicted molar refractivity (Wildman–Crippen MR) is 116 cm³/mol. The Morgan fingerprint density at radius 3 is 1.63 bits per heavy atom. The van der Waals surface area contributed by atoms with Gasteiger partial charge in [0, 0.05) is 18.8 Å². The average Bonchev–Trinajstić information content (AvgIpc) is 3.17. The molecule has 154 valence electrons. The maximum Gasteiger partial charge on any atom is 0.247 e. The number of anilines is 2. The maximum absolute atomic E-state index is 12.4. The Kier molecular flexibility index (Phi) is 5.47. The number of carbonyl (C=O) groups excluding carboxylic acids is 4. The van der Waals surface area contributed by atoms with Crippen LogP contribution in [0.25, 0.3) is 0 Å². The normalized spacial score (nSPS) is 21.8. The van der Waals surface area contributed by atoms with Crippen molar-refractivity contribution in [3.8, 4) is 0 Å². The van der Waals surface area contributed by atoms with Gasteiger partial charge in [0.15, 0.2) is 0 Å². The molecular formula is C23H22N2O4S. The molecule has 2 unspecified atom stereocenters. The number of carbonyl (C=O) groups is 4. The number of hydrogen-bond acceptors (Lipinski definition) is 5. The predicted octanol–water partition coefficient (Wildman–Crippen LogP) is 3.17. The Morgan fingerprint density at radius 1 is 0.767 bits per heavy atom. The summed E-state index contributed by atoms with van der Waals surface area (Å²) in [7, 11) is 0. The van der Waals surface area contributed by atoms with Crippen LogP contribution in [0.5, 0.6) is 0 Å². The first-order valence-corrected chi connectivity index (χ1v) is 11.1. The van der Waals surface area contributed by atoms with E-state index in [1.165, 1.54) is 21.6 Å². The summed E-state index contributed by atoms with van der Waals surface area (Å²) in [5.74, 6) is -0.904. The first kappa shape index (κ1) is 20.3. The summed E-state index contributed by atoms with van der Waals surface area (Å²) in [5.41, 5.74) is 3.27. The monoisotopic (exact) mass is 422 g/mol. The molecule has 6 nitrogen and oxygen atoms in total. The molecule has 7 heteroatoms. The van der Waals surface area contributed by atoms with Gasteiger partial charge in [-0.25, -0.2) is 4.90 Å². The van der Waals surface area contributed by atoms with E-state index in [0.29, 0.717) is 17.8 Å². The first-order valence-electron chi connectivity index (χ1n) is 9.83. The molecule has 0 saturated carbocycles. The van der Waals surface area contributed by atoms with Crippen LogP contribution in [-0.4, -0.2) is 35.1 Å². The summed E-state index contributed by atoms with van der Waals surface area (Å²) >= 11 is 1.40. The second-order valence-electron chi connectivity index (χ2n) is 7.68. The van der Waals surface area contributed by atoms with Crippen LogP contribution in [0.1, 0.15) is 30.9 Å². The molecule has 30 heavy (non-hydrogen) atoms. The van der Waals surface area contributed by atoms with Gasteiger partial charge in [-0.15, -0.1) is 0 Å². The zero-order chi connectivity index (χ0) is 21.4. The summed E-state index contributed by atoms with van der Waals surface area (Å²) in [6.45, 7) is 1.77. The number of amides is 4. The summed E-state index contributed by atoms with van der Waals surface area (Å²) in [5, 5.41) is -0.298. The molecule has 0 N–H and O–H groups in total. The van der Waals surface area contributed by atoms with Crippen molar-refractivity contribution >= 4 is 46.8 Å². The lowest BCUT2D eigenvalue weighted by Crippen LogP contribution is -2.31. The highest BCUT2D eigenvalue weighted by Gasteiger charge is 2.39. The fourth-order valence-corrected chi connectivity index (χ4v) is 4.49. The number of hydrogen-bond donors (Lipinski definition) is 0. The summed E-state index contributed by atoms with van der Waals surface area (Å²) in [6, 6.07) is 14.8. The third-order valence-corrected chi connectivity index (χ3v) is 6.50. The molecule has 0 radical (unpaired) electrons. The topological polar surface area (TPSA) is 74.8 Å². The molecule has 0 bridgehead atoms. The second-order valence-corrected chi connectivity index (χ2v) is 8.72. The third-order valence-electron chi connectivity index (χ3n) is 5.56. The van der Waals surface area contributed by atoms with Gasteiger partial charge in [-0.1, -0.05) is 31.2 Å². The molecular weight excluding hydrogens is 400 g/mol. The van der Waals surface area contributed by atoms with E-state index < -0.39 is 0 Å². The number of nitrogens with zero attached hydrogens (tertiary/aromatic N) is 2. The van der Waals surface area contributed by atoms with Gasteiger partial charge in [-0.3, -0.25) is 24.1 Å². The largest absolute Gasteiger partial charge is 0.274 e. The fourth-order valence-electron chi connectivity index (χ4n) is 3.88. The molecule has 4 rings (SSSR count). The minimum absolute atomic E-state index is 0.155. The smallest absolute Gasteiger partial charge is 0.247 e. The molecule has 0 aliphatic carbocycles. The highest BCUT2D eigenvalue weighted by atomic mass is 32.2. The van der Waals surface area contributed by atoms with Crippen molar-refractivity contribution in [3.63, 3.8) is 0 Å². The minimum atomic E-state index is -0.298. The summed E-state index contributed by atoms with van der Waals surface area (Å²) in [6.07, 6.45) is 3.00. The highest BCUT2D eigenvalue weighted by Crippen LogP contribution is 2.29. The molecule has 2 atom stereocenters. The zero-order valence-corrected chi connectivity index (χ0v) is 17.6. The van der Waals surface area contributed by atoms with Crippen LogP contribution in [-0.2, 0) is 25.6 Å². The van der Waals surface area contributed by atoms with Crippen LogP contribution in [0, 0.1) is 5.92 Å². The van der Waals surface area contributed by atoms with E-state index in [9.17, 15) is 19.2 Å². The van der Waals surface area contributed by atoms with E-state index in [4.69, 9.17) is 0 Å². The minimum Gasteiger partial charge on any atom is -0.274 e. The van der Waals surface area contributed by atoms with Gasteiger partial charge in [-0.2, -0.15) is 11.8 Å². The van der Waals surface area contributed by atoms with Crippen LogP contribution < -0.4 is 9.80 Å². The van der Waals surface area contributed by atoms with E-state index >= 15 is 0 Å². The van der Waals surface area contributed by atoms with E-state index in [-0.39, 0.29) is 47.6 Å². The standard InChI is InChI=1S/C23H22N2O4S/c1-14-11-20(26)24(22(14)28)17-7-3-15(4-8-17)12-16-5-9-18(10-6-16)25-21(27)13-19(30-2)23(25)29/h3-10,14,19H,11-13H2,1-2H3. The SMILES string of the molecule is CSC1CC(=O)N(c2ccc(Cc3ccc(N4C(=O)CC(C)C4=O)cc3)cc2)C1=O. The van der Waals surface area contributed by atoms with Crippen molar-refractivity contribution < 1.29 is 19.2 Å². The van der Waals surface area contributed by atoms with Crippen molar-refractivity contribution in [2.45, 2.75) is 31.4 Å². The Hall–Kier alpha value is -2.93. The lowest BCUT2D eigenvalue weighted by Gasteiger charge is -2.16. The molecule has 2 aliphatic heterocycles. The molecule has 2 aromatic carbocycles. The first-order chi connectivity index (χ1) is 14.4. The van der Waals surface area contributed by atoms with Crippen LogP contribution in [0.3, 0.4) is 0 Å². The number of benzene rings is 2. The lowest BCUT2D eigenvalue weighted by atomic mass is 10.0. The quantitative estimate of drug-likeness (QED) is 0.692. The maximum atomic E-state index is 12.4. The molecule has 2 aromatic rings. The van der Waals surface area contributed by atoms with Crippen LogP contribution in [0.15, 0.2) is 48.5 Å². The van der Waals surface area contributed by atoms with E-state index in [1.807, 2.05) is 30.5 Å². The van der Waals surface area contributed by atoms with Crippen molar-refractivity contribution in [2.24, 2.45) is 5.92 Å². The fraction of sp³-hybridized carbons (Fsp3) is 0.304. The zero-order valence-electron chi connectivity index (χ0n) is 16.8. The summed E-state index contributed by atoms with van der Waals surface area (Å²) < 4.78 is 0. The molecule has 0 aromatic heterocycles. The third kappa shape index (κ3) is 3.65. The van der Waals surface area contributed by atoms with Crippen LogP contribution in [0.4, 0.5) is 11.4 Å². The Bertz CT molecular complexity index is 1020. The number of imide groups is 2. The Balaban J connectivity index is 1.45. The average molecular weight is 423 g/mol. The van der Waals surface area contributed by atoms with Gasteiger partial charge in [0.2, 0.25) is 23.6 Å². The van der Waals surface area contributed by atoms with Gasteiger partial charge >= 0.3 is 0 Å². The van der Waals surface area contributed by atoms with Gasteiger partial charge in [0.25, 0.3) is 0 Å². The molecule has 2 fully saturated rings. The van der Waals surface area contributed by atoms with Crippen molar-refractivity contribution in [2.75, 3.05) is 16.1 Å². The van der Waals surface area contributed by atoms with Crippen molar-refractivity contribution in [1.82, 2.24) is 0 Å². The van der Waals surface area contributed by atoms with Crippen molar-refractivity contribution in [1.29, 1.82) is 0 Å². The molecule has 4 amide bonds. The van der Waals surface area contributed by atoms with Gasteiger partial charge in [0.1, 0.15) is 0 Å². The lowest BCUT2D eigenvalue weighted by molar-refractivity contribution is -0.123. The molecule has 2 heterocycles. The van der Waals surface area contributed by atoms with Crippen molar-refractivity contribution in [3.05, 3.63) is 59.7 Å². The second kappa shape index (κ2) is 8.07. The Morgan fingerprint density at radius 2 is 1.23 bits per heavy atom. The van der Waals surface area contributed by atoms with Gasteiger partial charge < -0.3 is 0 Å². The molecule has 0 spiro atoms.